The van der Waals surface area contributed by atoms with Gasteiger partial charge in [-0.25, -0.2) is 14.4 Å². The number of aryl methyl sites for hydroxylation is 3. The third-order valence-corrected chi connectivity index (χ3v) is 14.3. The van der Waals surface area contributed by atoms with Gasteiger partial charge in [0.25, 0.3) is 0 Å². The first-order valence-corrected chi connectivity index (χ1v) is 28.8. The highest BCUT2D eigenvalue weighted by molar-refractivity contribution is 6.62. The number of hydrogen-bond acceptors (Lipinski definition) is 15. The van der Waals surface area contributed by atoms with Crippen LogP contribution in [0.2, 0.25) is 0 Å². The van der Waals surface area contributed by atoms with Gasteiger partial charge in [0.1, 0.15) is 28.0 Å². The van der Waals surface area contributed by atoms with Crippen LogP contribution in [0.3, 0.4) is 0 Å². The Kier molecular flexibility index (Phi) is 19.9. The van der Waals surface area contributed by atoms with Gasteiger partial charge in [-0.15, -0.1) is 0 Å². The summed E-state index contributed by atoms with van der Waals surface area (Å²) in [4.78, 5) is 35.3. The maximum Gasteiger partial charge on any atom is 0.498 e. The Morgan fingerprint density at radius 1 is 0.500 bits per heavy atom. The second-order valence-electron chi connectivity index (χ2n) is 26.1. The van der Waals surface area contributed by atoms with E-state index in [4.69, 9.17) is 37.2 Å². The fourth-order valence-corrected chi connectivity index (χ4v) is 8.62. The smallest absolute Gasteiger partial charge is 0.456 e. The predicted molar refractivity (Wildman–Crippen MR) is 325 cm³/mol. The van der Waals surface area contributed by atoms with Crippen LogP contribution in [0, 0.1) is 0 Å². The number of furan rings is 1. The minimum atomic E-state index is -0.516. The van der Waals surface area contributed by atoms with Gasteiger partial charge in [-0.3, -0.25) is 19.1 Å². The van der Waals surface area contributed by atoms with Crippen LogP contribution in [0.4, 0.5) is 14.4 Å². The number of aromatic nitrogens is 8. The third kappa shape index (κ3) is 17.9. The molecule has 84 heavy (non-hydrogen) atoms. The molecule has 2 saturated heterocycles. The minimum Gasteiger partial charge on any atom is -0.456 e. The van der Waals surface area contributed by atoms with Crippen LogP contribution in [-0.2, 0) is 52.5 Å². The van der Waals surface area contributed by atoms with E-state index in [0.29, 0.717) is 39.3 Å². The first kappa shape index (κ1) is 64.4. The Bertz CT molecular complexity index is 3140. The summed E-state index contributed by atoms with van der Waals surface area (Å²) in [5, 5.41) is 30.4. The van der Waals surface area contributed by atoms with Crippen molar-refractivity contribution < 1.29 is 51.6 Å². The maximum atomic E-state index is 11.9. The van der Waals surface area contributed by atoms with Crippen LogP contribution in [0.15, 0.2) is 90.4 Å². The fraction of sp³-hybridized carbons (Fsp3) is 0.550. The summed E-state index contributed by atoms with van der Waals surface area (Å²) < 4.78 is 51.2. The zero-order valence-electron chi connectivity index (χ0n) is 52.2. The van der Waals surface area contributed by atoms with Crippen molar-refractivity contribution in [2.75, 3.05) is 19.6 Å². The summed E-state index contributed by atoms with van der Waals surface area (Å²) in [5.41, 5.74) is 4.76. The zero-order valence-corrected chi connectivity index (χ0v) is 52.2. The molecule has 4 N–H and O–H groups in total. The van der Waals surface area contributed by atoms with Gasteiger partial charge in [-0.05, 0) is 172 Å². The van der Waals surface area contributed by atoms with E-state index in [2.05, 4.69) is 53.6 Å². The first-order valence-electron chi connectivity index (χ1n) is 28.8. The number of carbonyl (C=O) groups is 3. The number of ether oxygens (including phenoxy) is 3. The number of rotatable bonds is 16. The van der Waals surface area contributed by atoms with Crippen molar-refractivity contribution in [1.29, 1.82) is 0 Å². The van der Waals surface area contributed by atoms with Gasteiger partial charge in [0.05, 0.1) is 34.8 Å². The lowest BCUT2D eigenvalue weighted by molar-refractivity contribution is 0.00578. The van der Waals surface area contributed by atoms with E-state index in [0.717, 1.165) is 74.4 Å². The number of hydrogen-bond donors (Lipinski definition) is 4. The first-order chi connectivity index (χ1) is 39.1. The van der Waals surface area contributed by atoms with Crippen molar-refractivity contribution in [3.63, 3.8) is 0 Å². The molecule has 2 aliphatic heterocycles. The Morgan fingerprint density at radius 3 is 1.21 bits per heavy atom. The molecule has 0 aliphatic carbocycles. The maximum absolute atomic E-state index is 11.9. The number of benzene rings is 2. The lowest BCUT2D eigenvalue weighted by Gasteiger charge is -2.32. The molecule has 0 saturated carbocycles. The molecular weight excluding hydrogens is 1070 g/mol. The number of alkyl carbamates (subject to hydrolysis) is 3. The molecular formula is C60H87B2N11O11. The Balaban J connectivity index is 0.000000215. The van der Waals surface area contributed by atoms with E-state index >= 15 is 0 Å². The van der Waals surface area contributed by atoms with Crippen LogP contribution in [-0.4, -0.2) is 131 Å². The second kappa shape index (κ2) is 26.0. The SMILES string of the molecule is CC(C)(C)OC(=O)NCCCn1cc(-c2ccc3oc4ccc(-c5cnn(CCCNC(=O)OC(C)(C)C)c5)cc4c3c2)cn1.CC(C)(C)OC(=O)NCCCn1cc(B2OC(C)(C)C(C)(C)O2)cn1.CC1(C)OB(c2cn[nH]c2)OC1(C)C. The molecule has 7 heterocycles. The summed E-state index contributed by atoms with van der Waals surface area (Å²) in [5.74, 6) is 0. The van der Waals surface area contributed by atoms with Crippen molar-refractivity contribution in [1.82, 2.24) is 55.5 Å². The number of nitrogens with zero attached hydrogens (tertiary/aromatic N) is 7. The van der Waals surface area contributed by atoms with Crippen molar-refractivity contribution in [3.8, 4) is 22.3 Å². The standard InChI is InChI=1S/C34H42N6O5.C17H30BN3O4.C9H15BN2O2/c1-33(2,3)44-31(41)35-13-7-15-39-21-25(19-37-39)23-9-11-29-27(17-23)28-18-24(10-12-30(28)43-29)26-20-38-40(22-26)16-8-14-36-32(42)45-34(4,5)6;1-15(2,3)23-14(22)19-9-8-10-21-12-13(11-20-21)18-24-16(4,5)17(6,7)25-18;1-8(2)9(3,4)14-10(13-8)7-5-11-12-6-7/h9-12,17-22H,7-8,13-16H2,1-6H3,(H,35,41)(H,36,42);11-12H,8-10H2,1-7H3,(H,19,22);5-6H,1-4H3,(H,11,12). The topological polar surface area (TPSA) is 247 Å². The van der Waals surface area contributed by atoms with E-state index in [1.54, 1.807) is 18.6 Å². The molecule has 3 amide bonds. The Hall–Kier alpha value is -7.14. The molecule has 2 aromatic carbocycles. The van der Waals surface area contributed by atoms with Crippen LogP contribution < -0.4 is 26.9 Å². The summed E-state index contributed by atoms with van der Waals surface area (Å²) in [6, 6.07) is 12.3. The predicted octanol–water partition coefficient (Wildman–Crippen LogP) is 9.95. The number of carbonyl (C=O) groups excluding carboxylic acids is 3. The van der Waals surface area contributed by atoms with Crippen molar-refractivity contribution in [2.24, 2.45) is 0 Å². The quantitative estimate of drug-likeness (QED) is 0.0399. The van der Waals surface area contributed by atoms with Crippen LogP contribution >= 0.6 is 0 Å². The van der Waals surface area contributed by atoms with Crippen molar-refractivity contribution >= 4 is 65.4 Å². The van der Waals surface area contributed by atoms with Crippen LogP contribution in [0.25, 0.3) is 44.2 Å². The van der Waals surface area contributed by atoms with Gasteiger partial charge in [0.2, 0.25) is 0 Å². The van der Waals surface area contributed by atoms with Gasteiger partial charge in [0.15, 0.2) is 0 Å². The van der Waals surface area contributed by atoms with E-state index in [1.165, 1.54) is 0 Å². The van der Waals surface area contributed by atoms with E-state index < -0.39 is 42.2 Å². The van der Waals surface area contributed by atoms with Gasteiger partial charge < -0.3 is 53.2 Å². The molecule has 0 radical (unpaired) electrons. The Labute approximate surface area is 494 Å². The van der Waals surface area contributed by atoms with E-state index in [-0.39, 0.29) is 29.5 Å². The molecule has 0 unspecified atom stereocenters. The number of H-pyrrole nitrogens is 1. The minimum absolute atomic E-state index is 0.283. The average Bonchev–Trinajstić information content (AvgIpc) is 2.21. The van der Waals surface area contributed by atoms with Crippen molar-refractivity contribution in [3.05, 3.63) is 86.0 Å². The molecule has 24 heteroatoms. The molecule has 2 aliphatic rings. The highest BCUT2D eigenvalue weighted by atomic mass is 16.7. The summed E-state index contributed by atoms with van der Waals surface area (Å²) in [6.45, 7) is 36.4. The number of aromatic amines is 1. The number of fused-ring (bicyclic) bond motifs is 3. The molecule has 5 aromatic heterocycles. The summed E-state index contributed by atoms with van der Waals surface area (Å²) in [7, 11) is -0.711. The molecule has 0 spiro atoms. The zero-order chi connectivity index (χ0) is 61.5. The number of amides is 3. The lowest BCUT2D eigenvalue weighted by Crippen LogP contribution is -2.41. The highest BCUT2D eigenvalue weighted by Gasteiger charge is 2.53. The largest absolute Gasteiger partial charge is 0.498 e. The summed E-state index contributed by atoms with van der Waals surface area (Å²) in [6.07, 6.45) is 15.9. The molecule has 9 rings (SSSR count). The monoisotopic (exact) mass is 1160 g/mol. The highest BCUT2D eigenvalue weighted by Crippen LogP contribution is 2.38. The van der Waals surface area contributed by atoms with Crippen molar-refractivity contribution in [2.45, 2.75) is 196 Å². The van der Waals surface area contributed by atoms with E-state index in [9.17, 15) is 14.4 Å². The summed E-state index contributed by atoms with van der Waals surface area (Å²) >= 11 is 0. The molecule has 454 valence electrons. The van der Waals surface area contributed by atoms with Gasteiger partial charge in [0, 0.05) is 109 Å². The fourth-order valence-electron chi connectivity index (χ4n) is 8.62. The molecule has 7 aromatic rings. The molecule has 0 bridgehead atoms. The number of nitrogens with one attached hydrogen (secondary N) is 4. The molecule has 22 nitrogen and oxygen atoms in total. The van der Waals surface area contributed by atoms with Gasteiger partial charge in [-0.2, -0.15) is 20.4 Å². The van der Waals surface area contributed by atoms with Gasteiger partial charge in [-0.1, -0.05) is 12.1 Å². The Morgan fingerprint density at radius 2 is 0.857 bits per heavy atom. The molecule has 0 atom stereocenters. The third-order valence-electron chi connectivity index (χ3n) is 14.3. The van der Waals surface area contributed by atoms with Gasteiger partial charge >= 0.3 is 32.5 Å². The normalized spacial score (nSPS) is 16.2. The molecule has 2 fully saturated rings. The average molecular weight is 1160 g/mol. The van der Waals surface area contributed by atoms with E-state index in [1.807, 2.05) is 187 Å². The van der Waals surface area contributed by atoms with Crippen LogP contribution in [0.1, 0.15) is 137 Å². The second-order valence-corrected chi connectivity index (χ2v) is 26.1. The lowest BCUT2D eigenvalue weighted by atomic mass is 9.82. The van der Waals surface area contributed by atoms with Crippen LogP contribution in [0.5, 0.6) is 0 Å².